The van der Waals surface area contributed by atoms with Crippen molar-refractivity contribution in [1.82, 2.24) is 14.5 Å². The summed E-state index contributed by atoms with van der Waals surface area (Å²) in [7, 11) is 1.75. The molecule has 4 aromatic rings. The van der Waals surface area contributed by atoms with Crippen molar-refractivity contribution in [3.05, 3.63) is 94.5 Å². The van der Waals surface area contributed by atoms with Crippen LogP contribution in [0.3, 0.4) is 0 Å². The number of fused-ring (bicyclic) bond motifs is 1. The van der Waals surface area contributed by atoms with Crippen molar-refractivity contribution in [3.63, 3.8) is 0 Å². The highest BCUT2D eigenvalue weighted by Crippen LogP contribution is 2.32. The quantitative estimate of drug-likeness (QED) is 0.275. The van der Waals surface area contributed by atoms with Gasteiger partial charge in [0, 0.05) is 69.2 Å². The first-order valence-electron chi connectivity index (χ1n) is 13.8. The molecule has 1 amide bonds. The van der Waals surface area contributed by atoms with Gasteiger partial charge in [0.25, 0.3) is 0 Å². The number of rotatable bonds is 10. The van der Waals surface area contributed by atoms with E-state index < -0.39 is 0 Å². The van der Waals surface area contributed by atoms with Gasteiger partial charge in [-0.25, -0.2) is 0 Å². The Labute approximate surface area is 224 Å². The van der Waals surface area contributed by atoms with E-state index in [4.69, 9.17) is 4.74 Å². The molecule has 2 aromatic heterocycles. The van der Waals surface area contributed by atoms with E-state index in [1.165, 1.54) is 22.2 Å². The van der Waals surface area contributed by atoms with Crippen LogP contribution in [0.1, 0.15) is 49.3 Å². The second-order valence-electron chi connectivity index (χ2n) is 10.3. The van der Waals surface area contributed by atoms with Crippen LogP contribution in [-0.2, 0) is 22.5 Å². The Hall–Kier alpha value is -3.64. The molecule has 3 heterocycles. The second kappa shape index (κ2) is 12.3. The molecule has 1 atom stereocenters. The lowest BCUT2D eigenvalue weighted by molar-refractivity contribution is -0.132. The Morgan fingerprint density at radius 2 is 1.84 bits per heavy atom. The summed E-state index contributed by atoms with van der Waals surface area (Å²) < 4.78 is 7.76. The van der Waals surface area contributed by atoms with Crippen molar-refractivity contribution in [2.24, 2.45) is 0 Å². The van der Waals surface area contributed by atoms with E-state index in [9.17, 15) is 9.59 Å². The van der Waals surface area contributed by atoms with Crippen molar-refractivity contribution in [2.45, 2.75) is 51.0 Å². The lowest BCUT2D eigenvalue weighted by Crippen LogP contribution is -2.39. The van der Waals surface area contributed by atoms with Crippen LogP contribution < -0.4 is 5.56 Å². The number of hydrogen-bond donors (Lipinski definition) is 1. The van der Waals surface area contributed by atoms with Gasteiger partial charge in [0.15, 0.2) is 0 Å². The summed E-state index contributed by atoms with van der Waals surface area (Å²) in [5.74, 6) is 0.629. The number of carbonyl (C=O) groups is 1. The number of amides is 1. The maximum atomic E-state index is 13.2. The number of hydrogen-bond acceptors (Lipinski definition) is 3. The van der Waals surface area contributed by atoms with Gasteiger partial charge in [-0.05, 0) is 72.4 Å². The van der Waals surface area contributed by atoms with Gasteiger partial charge in [-0.2, -0.15) is 0 Å². The first kappa shape index (κ1) is 26.0. The Morgan fingerprint density at radius 1 is 1.03 bits per heavy atom. The number of para-hydroxylation sites is 1. The highest BCUT2D eigenvalue weighted by molar-refractivity contribution is 5.81. The van der Waals surface area contributed by atoms with Gasteiger partial charge in [0.05, 0.1) is 0 Å². The molecule has 6 nitrogen and oxygen atoms in total. The van der Waals surface area contributed by atoms with Crippen molar-refractivity contribution < 1.29 is 9.53 Å². The van der Waals surface area contributed by atoms with E-state index >= 15 is 0 Å². The molecule has 5 rings (SSSR count). The number of nitrogens with one attached hydrogen (secondary N) is 1. The van der Waals surface area contributed by atoms with Crippen LogP contribution in [0.4, 0.5) is 0 Å². The van der Waals surface area contributed by atoms with Crippen LogP contribution in [-0.4, -0.2) is 47.2 Å². The fraction of sp³-hybridized carbons (Fsp3) is 0.375. The molecule has 1 aliphatic heterocycles. The molecule has 1 N–H and O–H groups in total. The van der Waals surface area contributed by atoms with Gasteiger partial charge in [0.2, 0.25) is 11.5 Å². The molecule has 198 valence electrons. The number of piperidine rings is 1. The number of aromatic amines is 1. The topological polar surface area (TPSA) is 67.3 Å². The van der Waals surface area contributed by atoms with E-state index in [0.29, 0.717) is 12.3 Å². The van der Waals surface area contributed by atoms with Gasteiger partial charge in [0.1, 0.15) is 0 Å². The number of likely N-dealkylation sites (tertiary alicyclic amines) is 1. The number of nitrogens with zero attached hydrogens (tertiary/aromatic N) is 2. The first-order valence-corrected chi connectivity index (χ1v) is 13.8. The average Bonchev–Trinajstić information content (AvgIpc) is 3.33. The van der Waals surface area contributed by atoms with Crippen molar-refractivity contribution in [3.8, 4) is 11.1 Å². The number of methoxy groups -OCH3 is 1. The molecule has 1 fully saturated rings. The number of pyridine rings is 1. The Morgan fingerprint density at radius 3 is 2.63 bits per heavy atom. The highest BCUT2D eigenvalue weighted by atomic mass is 16.5. The van der Waals surface area contributed by atoms with Crippen LogP contribution in [0.25, 0.3) is 22.0 Å². The van der Waals surface area contributed by atoms with Crippen LogP contribution in [0.15, 0.2) is 77.7 Å². The van der Waals surface area contributed by atoms with Crippen molar-refractivity contribution in [2.75, 3.05) is 26.8 Å². The van der Waals surface area contributed by atoms with Crippen molar-refractivity contribution in [1.29, 1.82) is 0 Å². The summed E-state index contributed by atoms with van der Waals surface area (Å²) in [6, 6.07) is 22.7. The third kappa shape index (κ3) is 6.08. The molecule has 1 aliphatic rings. The number of carbonyl (C=O) groups excluding carboxylic acids is 1. The summed E-state index contributed by atoms with van der Waals surface area (Å²) in [4.78, 5) is 29.3. The lowest BCUT2D eigenvalue weighted by Gasteiger charge is -2.33. The summed E-state index contributed by atoms with van der Waals surface area (Å²) in [6.07, 6.45) is 7.17. The zero-order chi connectivity index (χ0) is 26.3. The second-order valence-corrected chi connectivity index (χ2v) is 10.3. The van der Waals surface area contributed by atoms with E-state index in [1.807, 2.05) is 6.07 Å². The van der Waals surface area contributed by atoms with Gasteiger partial charge in [-0.1, -0.05) is 42.5 Å². The van der Waals surface area contributed by atoms with Crippen LogP contribution in [0.2, 0.25) is 0 Å². The van der Waals surface area contributed by atoms with Gasteiger partial charge in [-0.15, -0.1) is 0 Å². The highest BCUT2D eigenvalue weighted by Gasteiger charge is 2.27. The Kier molecular flexibility index (Phi) is 8.39. The summed E-state index contributed by atoms with van der Waals surface area (Å²) in [5, 5.41) is 1.27. The van der Waals surface area contributed by atoms with E-state index in [1.54, 1.807) is 19.4 Å². The molecule has 2 aromatic carbocycles. The molecular formula is C32H37N3O3. The molecule has 6 heteroatoms. The van der Waals surface area contributed by atoms with Crippen molar-refractivity contribution >= 4 is 16.8 Å². The standard InChI is InChI=1S/C32H37N3O3/c1-38-20-6-19-35-29-10-3-2-8-26(29)21-30(35)28-9-5-18-34(23-28)32(37)11-4-7-24-12-14-25(15-13-24)27-16-17-31(36)33-22-27/h2-3,8,10,12-17,21-22,28H,4-7,9,11,18-20,23H2,1H3,(H,33,36). The number of benzene rings is 2. The predicted molar refractivity (Wildman–Crippen MR) is 152 cm³/mol. The van der Waals surface area contributed by atoms with Gasteiger partial charge >= 0.3 is 0 Å². The smallest absolute Gasteiger partial charge is 0.247 e. The first-order chi connectivity index (χ1) is 18.6. The summed E-state index contributed by atoms with van der Waals surface area (Å²) in [5.41, 5.74) is 5.81. The van der Waals surface area contributed by atoms with E-state index in [0.717, 1.165) is 69.5 Å². The lowest BCUT2D eigenvalue weighted by atomic mass is 9.94. The van der Waals surface area contributed by atoms with E-state index in [-0.39, 0.29) is 11.5 Å². The minimum atomic E-state index is -0.0977. The summed E-state index contributed by atoms with van der Waals surface area (Å²) >= 11 is 0. The largest absolute Gasteiger partial charge is 0.385 e. The SMILES string of the molecule is COCCCn1c(C2CCCN(C(=O)CCCc3ccc(-c4ccc(=O)[nH]c4)cc3)C2)cc2ccccc21. The molecule has 0 radical (unpaired) electrons. The molecule has 1 saturated heterocycles. The van der Waals surface area contributed by atoms with E-state index in [2.05, 4.69) is 69.0 Å². The molecule has 1 unspecified atom stereocenters. The normalized spacial score (nSPS) is 15.7. The zero-order valence-corrected chi connectivity index (χ0v) is 22.2. The monoisotopic (exact) mass is 511 g/mol. The number of aryl methyl sites for hydroxylation is 2. The fourth-order valence-corrected chi connectivity index (χ4v) is 5.69. The minimum absolute atomic E-state index is 0.0977. The maximum absolute atomic E-state index is 13.2. The molecule has 0 spiro atoms. The van der Waals surface area contributed by atoms with Gasteiger partial charge in [-0.3, -0.25) is 9.59 Å². The molecule has 38 heavy (non-hydrogen) atoms. The Bertz CT molecular complexity index is 1400. The maximum Gasteiger partial charge on any atom is 0.247 e. The van der Waals surface area contributed by atoms with Gasteiger partial charge < -0.3 is 19.2 Å². The number of H-pyrrole nitrogens is 1. The molecule has 0 bridgehead atoms. The third-order valence-electron chi connectivity index (χ3n) is 7.69. The van der Waals surface area contributed by atoms with Crippen LogP contribution >= 0.6 is 0 Å². The average molecular weight is 512 g/mol. The van der Waals surface area contributed by atoms with Crippen LogP contribution in [0.5, 0.6) is 0 Å². The molecular weight excluding hydrogens is 474 g/mol. The number of ether oxygens (including phenoxy) is 1. The minimum Gasteiger partial charge on any atom is -0.385 e. The van der Waals surface area contributed by atoms with Crippen LogP contribution in [0, 0.1) is 0 Å². The molecule has 0 saturated carbocycles. The molecule has 0 aliphatic carbocycles. The fourth-order valence-electron chi connectivity index (χ4n) is 5.69. The summed E-state index contributed by atoms with van der Waals surface area (Å²) in [6.45, 7) is 3.33. The number of aromatic nitrogens is 2. The zero-order valence-electron chi connectivity index (χ0n) is 22.2. The predicted octanol–water partition coefficient (Wildman–Crippen LogP) is 5.76. The Balaban J connectivity index is 1.18. The third-order valence-corrected chi connectivity index (χ3v) is 7.69.